The van der Waals surface area contributed by atoms with Crippen molar-refractivity contribution in [2.24, 2.45) is 11.7 Å². The summed E-state index contributed by atoms with van der Waals surface area (Å²) in [5.74, 6) is 1.68. The minimum absolute atomic E-state index is 0.0639. The Balaban J connectivity index is 2.78. The second kappa shape index (κ2) is 6.23. The predicted molar refractivity (Wildman–Crippen MR) is 72.6 cm³/mol. The van der Waals surface area contributed by atoms with Gasteiger partial charge in [-0.05, 0) is 25.0 Å². The molecule has 0 fully saturated rings. The van der Waals surface area contributed by atoms with E-state index in [-0.39, 0.29) is 5.84 Å². The third-order valence-electron chi connectivity index (χ3n) is 2.99. The zero-order chi connectivity index (χ0) is 12.8. The summed E-state index contributed by atoms with van der Waals surface area (Å²) in [4.78, 5) is 6.61. The summed E-state index contributed by atoms with van der Waals surface area (Å²) < 4.78 is 0. The first-order valence-corrected chi connectivity index (χ1v) is 6.13. The molecule has 0 radical (unpaired) electrons. The number of rotatable bonds is 6. The zero-order valence-electron chi connectivity index (χ0n) is 10.9. The van der Waals surface area contributed by atoms with Crippen molar-refractivity contribution in [3.05, 3.63) is 23.9 Å². The Morgan fingerprint density at radius 2 is 2.18 bits per heavy atom. The minimum atomic E-state index is 0.0639. The Morgan fingerprint density at radius 1 is 1.47 bits per heavy atom. The van der Waals surface area contributed by atoms with Gasteiger partial charge in [0.2, 0.25) is 0 Å². The third-order valence-corrected chi connectivity index (χ3v) is 2.99. The summed E-state index contributed by atoms with van der Waals surface area (Å²) in [6, 6.07) is 3.78. The summed E-state index contributed by atoms with van der Waals surface area (Å²) in [6.45, 7) is 8.52. The van der Waals surface area contributed by atoms with E-state index in [4.69, 9.17) is 11.1 Å². The van der Waals surface area contributed by atoms with Crippen LogP contribution >= 0.6 is 0 Å². The number of amidine groups is 1. The van der Waals surface area contributed by atoms with E-state index in [0.717, 1.165) is 18.9 Å². The van der Waals surface area contributed by atoms with Gasteiger partial charge in [-0.1, -0.05) is 20.3 Å². The van der Waals surface area contributed by atoms with Gasteiger partial charge >= 0.3 is 0 Å². The van der Waals surface area contributed by atoms with Gasteiger partial charge in [0.05, 0.1) is 0 Å². The van der Waals surface area contributed by atoms with Gasteiger partial charge in [-0.2, -0.15) is 0 Å². The average Bonchev–Trinajstić information content (AvgIpc) is 2.35. The Labute approximate surface area is 103 Å². The highest BCUT2D eigenvalue weighted by atomic mass is 15.2. The Kier molecular flexibility index (Phi) is 4.94. The second-order valence-electron chi connectivity index (χ2n) is 4.37. The van der Waals surface area contributed by atoms with Crippen LogP contribution in [0.2, 0.25) is 0 Å². The fourth-order valence-electron chi connectivity index (χ4n) is 1.62. The van der Waals surface area contributed by atoms with Crippen molar-refractivity contribution >= 4 is 11.7 Å². The lowest BCUT2D eigenvalue weighted by atomic mass is 10.1. The summed E-state index contributed by atoms with van der Waals surface area (Å²) in [5, 5.41) is 7.33. The first-order chi connectivity index (χ1) is 8.08. The van der Waals surface area contributed by atoms with Crippen LogP contribution in [0, 0.1) is 11.3 Å². The SMILES string of the molecule is CCC(C)CN(CC)c1ccc(C(=N)N)cn1. The highest BCUT2D eigenvalue weighted by Gasteiger charge is 2.09. The normalized spacial score (nSPS) is 12.2. The number of nitrogen functional groups attached to an aromatic ring is 1. The second-order valence-corrected chi connectivity index (χ2v) is 4.37. The largest absolute Gasteiger partial charge is 0.384 e. The van der Waals surface area contributed by atoms with Crippen LogP contribution < -0.4 is 10.6 Å². The van der Waals surface area contributed by atoms with Crippen LogP contribution in [0.3, 0.4) is 0 Å². The fourth-order valence-corrected chi connectivity index (χ4v) is 1.62. The van der Waals surface area contributed by atoms with E-state index in [2.05, 4.69) is 30.7 Å². The number of aromatic nitrogens is 1. The van der Waals surface area contributed by atoms with Crippen LogP contribution in [0.25, 0.3) is 0 Å². The maximum Gasteiger partial charge on any atom is 0.128 e. The topological polar surface area (TPSA) is 66.0 Å². The van der Waals surface area contributed by atoms with Crippen molar-refractivity contribution < 1.29 is 0 Å². The van der Waals surface area contributed by atoms with Gasteiger partial charge in [0, 0.05) is 24.8 Å². The van der Waals surface area contributed by atoms with Crippen molar-refractivity contribution in [3.8, 4) is 0 Å². The van der Waals surface area contributed by atoms with E-state index in [9.17, 15) is 0 Å². The quantitative estimate of drug-likeness (QED) is 0.586. The van der Waals surface area contributed by atoms with Crippen LogP contribution in [0.1, 0.15) is 32.8 Å². The smallest absolute Gasteiger partial charge is 0.128 e. The number of pyridine rings is 1. The molecule has 1 unspecified atom stereocenters. The lowest BCUT2D eigenvalue weighted by Crippen LogP contribution is -2.29. The highest BCUT2D eigenvalue weighted by Crippen LogP contribution is 2.14. The molecule has 1 aromatic heterocycles. The van der Waals surface area contributed by atoms with Crippen LogP contribution in [0.4, 0.5) is 5.82 Å². The van der Waals surface area contributed by atoms with Crippen LogP contribution in [-0.4, -0.2) is 23.9 Å². The molecule has 1 aromatic rings. The molecule has 0 bridgehead atoms. The van der Waals surface area contributed by atoms with E-state index in [1.807, 2.05) is 12.1 Å². The van der Waals surface area contributed by atoms with Gasteiger partial charge in [0.1, 0.15) is 11.7 Å². The van der Waals surface area contributed by atoms with Crippen molar-refractivity contribution in [1.29, 1.82) is 5.41 Å². The summed E-state index contributed by atoms with van der Waals surface area (Å²) in [5.41, 5.74) is 6.08. The Bertz CT molecular complexity index is 358. The molecule has 0 saturated carbocycles. The molecule has 0 amide bonds. The molecule has 0 saturated heterocycles. The average molecular weight is 234 g/mol. The molecule has 0 aromatic carbocycles. The molecule has 4 nitrogen and oxygen atoms in total. The fraction of sp³-hybridized carbons (Fsp3) is 0.538. The maximum atomic E-state index is 7.33. The van der Waals surface area contributed by atoms with Crippen molar-refractivity contribution in [2.45, 2.75) is 27.2 Å². The van der Waals surface area contributed by atoms with Crippen LogP contribution in [-0.2, 0) is 0 Å². The number of nitrogens with zero attached hydrogens (tertiary/aromatic N) is 2. The van der Waals surface area contributed by atoms with Crippen LogP contribution in [0.5, 0.6) is 0 Å². The van der Waals surface area contributed by atoms with Crippen molar-refractivity contribution in [3.63, 3.8) is 0 Å². The first kappa shape index (κ1) is 13.5. The molecule has 0 aliphatic carbocycles. The van der Waals surface area contributed by atoms with Gasteiger partial charge in [-0.3, -0.25) is 5.41 Å². The maximum absolute atomic E-state index is 7.33. The number of nitrogens with one attached hydrogen (secondary N) is 1. The number of hydrogen-bond donors (Lipinski definition) is 2. The van der Waals surface area contributed by atoms with E-state index < -0.39 is 0 Å². The molecule has 0 spiro atoms. The lowest BCUT2D eigenvalue weighted by molar-refractivity contribution is 0.545. The van der Waals surface area contributed by atoms with E-state index in [1.165, 1.54) is 6.42 Å². The number of hydrogen-bond acceptors (Lipinski definition) is 3. The minimum Gasteiger partial charge on any atom is -0.384 e. The molecule has 1 rings (SSSR count). The molecule has 1 heterocycles. The monoisotopic (exact) mass is 234 g/mol. The van der Waals surface area contributed by atoms with Gasteiger partial charge in [0.15, 0.2) is 0 Å². The molecule has 3 N–H and O–H groups in total. The highest BCUT2D eigenvalue weighted by molar-refractivity contribution is 5.94. The van der Waals surface area contributed by atoms with Gasteiger partial charge in [0.25, 0.3) is 0 Å². The van der Waals surface area contributed by atoms with Crippen molar-refractivity contribution in [1.82, 2.24) is 4.98 Å². The first-order valence-electron chi connectivity index (χ1n) is 6.13. The molecule has 1 atom stereocenters. The summed E-state index contributed by atoms with van der Waals surface area (Å²) in [6.07, 6.45) is 2.83. The van der Waals surface area contributed by atoms with E-state index in [0.29, 0.717) is 11.5 Å². The molecule has 0 aliphatic heterocycles. The summed E-state index contributed by atoms with van der Waals surface area (Å²) in [7, 11) is 0. The Morgan fingerprint density at radius 3 is 2.59 bits per heavy atom. The number of nitrogens with two attached hydrogens (primary N) is 1. The zero-order valence-corrected chi connectivity index (χ0v) is 10.9. The molecule has 17 heavy (non-hydrogen) atoms. The van der Waals surface area contributed by atoms with E-state index >= 15 is 0 Å². The molecule has 0 aliphatic rings. The number of anilines is 1. The van der Waals surface area contributed by atoms with Gasteiger partial charge in [-0.25, -0.2) is 4.98 Å². The molecular weight excluding hydrogens is 212 g/mol. The lowest BCUT2D eigenvalue weighted by Gasteiger charge is -2.25. The summed E-state index contributed by atoms with van der Waals surface area (Å²) >= 11 is 0. The molecule has 4 heteroatoms. The van der Waals surface area contributed by atoms with Crippen molar-refractivity contribution in [2.75, 3.05) is 18.0 Å². The van der Waals surface area contributed by atoms with Crippen LogP contribution in [0.15, 0.2) is 18.3 Å². The van der Waals surface area contributed by atoms with Gasteiger partial charge < -0.3 is 10.6 Å². The molecular formula is C13H22N4. The van der Waals surface area contributed by atoms with E-state index in [1.54, 1.807) is 6.20 Å². The van der Waals surface area contributed by atoms with Gasteiger partial charge in [-0.15, -0.1) is 0 Å². The Hall–Kier alpha value is -1.58. The molecule has 94 valence electrons. The predicted octanol–water partition coefficient (Wildman–Crippen LogP) is 2.24. The standard InChI is InChI=1S/C13H22N4/c1-4-10(3)9-17(5-2)12-7-6-11(8-16-12)13(14)15/h6-8,10H,4-5,9H2,1-3H3,(H3,14,15). The third kappa shape index (κ3) is 3.73.